The first-order valence-electron chi connectivity index (χ1n) is 6.69. The van der Waals surface area contributed by atoms with Crippen molar-refractivity contribution < 1.29 is 14.6 Å². The molecule has 0 radical (unpaired) electrons. The number of methoxy groups -OCH3 is 1. The van der Waals surface area contributed by atoms with Crippen molar-refractivity contribution in [3.8, 4) is 0 Å². The van der Waals surface area contributed by atoms with Crippen LogP contribution < -0.4 is 0 Å². The van der Waals surface area contributed by atoms with E-state index in [-0.39, 0.29) is 11.9 Å². The van der Waals surface area contributed by atoms with E-state index in [4.69, 9.17) is 9.84 Å². The summed E-state index contributed by atoms with van der Waals surface area (Å²) in [5.74, 6) is 0.0150. The van der Waals surface area contributed by atoms with Crippen LogP contribution in [0.3, 0.4) is 0 Å². The monoisotopic (exact) mass is 243 g/mol. The number of carbonyl (C=O) groups excluding carboxylic acids is 1. The number of esters is 1. The van der Waals surface area contributed by atoms with Gasteiger partial charge < -0.3 is 14.7 Å². The third-order valence-corrected chi connectivity index (χ3v) is 3.42. The molecule has 1 heterocycles. The molecule has 1 aliphatic rings. The van der Waals surface area contributed by atoms with Crippen LogP contribution in [0.15, 0.2) is 0 Å². The number of hydrogen-bond acceptors (Lipinski definition) is 4. The Morgan fingerprint density at radius 3 is 2.82 bits per heavy atom. The average molecular weight is 243 g/mol. The van der Waals surface area contributed by atoms with E-state index in [9.17, 15) is 4.79 Å². The summed E-state index contributed by atoms with van der Waals surface area (Å²) in [6, 6.07) is 0. The van der Waals surface area contributed by atoms with Gasteiger partial charge in [0.25, 0.3) is 0 Å². The fraction of sp³-hybridized carbons (Fsp3) is 0.923. The third kappa shape index (κ3) is 5.50. The number of aliphatic hydroxyl groups excluding tert-OH is 1. The summed E-state index contributed by atoms with van der Waals surface area (Å²) in [7, 11) is 1.47. The molecule has 0 spiro atoms. The maximum Gasteiger partial charge on any atom is 0.309 e. The van der Waals surface area contributed by atoms with Crippen LogP contribution in [0.4, 0.5) is 0 Å². The van der Waals surface area contributed by atoms with Gasteiger partial charge in [-0.3, -0.25) is 4.79 Å². The quantitative estimate of drug-likeness (QED) is 0.543. The number of likely N-dealkylation sites (tertiary alicyclic amines) is 1. The van der Waals surface area contributed by atoms with Crippen LogP contribution in [0.2, 0.25) is 0 Å². The maximum atomic E-state index is 11.5. The van der Waals surface area contributed by atoms with Gasteiger partial charge in [-0.2, -0.15) is 0 Å². The van der Waals surface area contributed by atoms with Gasteiger partial charge >= 0.3 is 5.97 Å². The smallest absolute Gasteiger partial charge is 0.309 e. The van der Waals surface area contributed by atoms with E-state index in [1.807, 2.05) is 0 Å². The lowest BCUT2D eigenvalue weighted by atomic mass is 9.98. The Morgan fingerprint density at radius 1 is 1.35 bits per heavy atom. The van der Waals surface area contributed by atoms with Gasteiger partial charge in [-0.1, -0.05) is 12.8 Å². The lowest BCUT2D eigenvalue weighted by molar-refractivity contribution is -0.147. The lowest BCUT2D eigenvalue weighted by Gasteiger charge is -2.31. The Balaban J connectivity index is 2.14. The van der Waals surface area contributed by atoms with Crippen molar-refractivity contribution >= 4 is 5.97 Å². The molecule has 1 aliphatic heterocycles. The second kappa shape index (κ2) is 8.48. The third-order valence-electron chi connectivity index (χ3n) is 3.42. The zero-order valence-electron chi connectivity index (χ0n) is 10.9. The average Bonchev–Trinajstić information content (AvgIpc) is 2.38. The molecule has 0 bridgehead atoms. The van der Waals surface area contributed by atoms with E-state index in [1.165, 1.54) is 13.5 Å². The van der Waals surface area contributed by atoms with E-state index in [0.717, 1.165) is 51.7 Å². The summed E-state index contributed by atoms with van der Waals surface area (Å²) in [5.41, 5.74) is 0. The molecule has 17 heavy (non-hydrogen) atoms. The minimum atomic E-state index is -0.0602. The van der Waals surface area contributed by atoms with Gasteiger partial charge in [-0.15, -0.1) is 0 Å². The van der Waals surface area contributed by atoms with Gasteiger partial charge in [0.05, 0.1) is 13.0 Å². The minimum Gasteiger partial charge on any atom is -0.469 e. The Labute approximate surface area is 104 Å². The summed E-state index contributed by atoms with van der Waals surface area (Å²) in [5, 5.41) is 8.68. The zero-order valence-corrected chi connectivity index (χ0v) is 10.9. The molecule has 0 amide bonds. The van der Waals surface area contributed by atoms with Gasteiger partial charge in [0.2, 0.25) is 0 Å². The number of hydrogen-bond donors (Lipinski definition) is 1. The first-order valence-corrected chi connectivity index (χ1v) is 6.69. The molecule has 1 rings (SSSR count). The van der Waals surface area contributed by atoms with Gasteiger partial charge in [0, 0.05) is 13.2 Å². The number of piperidine rings is 1. The van der Waals surface area contributed by atoms with Crippen molar-refractivity contribution in [1.29, 1.82) is 0 Å². The molecule has 0 aromatic carbocycles. The molecule has 100 valence electrons. The minimum absolute atomic E-state index is 0.0602. The van der Waals surface area contributed by atoms with E-state index in [2.05, 4.69) is 4.90 Å². The number of nitrogens with zero attached hydrogens (tertiary/aromatic N) is 1. The van der Waals surface area contributed by atoms with Crippen LogP contribution >= 0.6 is 0 Å². The van der Waals surface area contributed by atoms with Crippen LogP contribution in [-0.2, 0) is 9.53 Å². The predicted molar refractivity (Wildman–Crippen MR) is 66.7 cm³/mol. The molecule has 0 saturated carbocycles. The number of rotatable bonds is 7. The topological polar surface area (TPSA) is 49.8 Å². The Hall–Kier alpha value is -0.610. The molecule has 0 aromatic rings. The number of aliphatic hydroxyl groups is 1. The number of ether oxygens (including phenoxy) is 1. The van der Waals surface area contributed by atoms with E-state index in [0.29, 0.717) is 6.61 Å². The van der Waals surface area contributed by atoms with Gasteiger partial charge in [-0.25, -0.2) is 0 Å². The van der Waals surface area contributed by atoms with Crippen molar-refractivity contribution in [3.05, 3.63) is 0 Å². The van der Waals surface area contributed by atoms with Crippen molar-refractivity contribution in [2.45, 2.75) is 38.5 Å². The van der Waals surface area contributed by atoms with Gasteiger partial charge in [0.1, 0.15) is 0 Å². The molecule has 4 heteroatoms. The highest BCUT2D eigenvalue weighted by molar-refractivity contribution is 5.72. The molecule has 1 fully saturated rings. The highest BCUT2D eigenvalue weighted by Crippen LogP contribution is 2.18. The standard InChI is InChI=1S/C13H25NO3/c1-17-13(16)12-7-6-9-14(11-12)8-4-2-3-5-10-15/h12,15H,2-11H2,1H3. The molecule has 1 unspecified atom stereocenters. The predicted octanol–water partition coefficient (Wildman–Crippen LogP) is 1.42. The van der Waals surface area contributed by atoms with Crippen LogP contribution in [0.1, 0.15) is 38.5 Å². The van der Waals surface area contributed by atoms with Gasteiger partial charge in [-0.05, 0) is 38.8 Å². The fourth-order valence-corrected chi connectivity index (χ4v) is 2.42. The normalized spacial score (nSPS) is 21.4. The van der Waals surface area contributed by atoms with Crippen molar-refractivity contribution in [1.82, 2.24) is 4.90 Å². The summed E-state index contributed by atoms with van der Waals surface area (Å²) in [6.45, 7) is 3.33. The second-order valence-corrected chi connectivity index (χ2v) is 4.80. The first-order chi connectivity index (χ1) is 8.27. The highest BCUT2D eigenvalue weighted by atomic mass is 16.5. The van der Waals surface area contributed by atoms with Crippen LogP contribution in [0.25, 0.3) is 0 Å². The second-order valence-electron chi connectivity index (χ2n) is 4.80. The highest BCUT2D eigenvalue weighted by Gasteiger charge is 2.25. The van der Waals surface area contributed by atoms with Crippen molar-refractivity contribution in [2.75, 3.05) is 33.4 Å². The van der Waals surface area contributed by atoms with E-state index >= 15 is 0 Å². The van der Waals surface area contributed by atoms with Gasteiger partial charge in [0.15, 0.2) is 0 Å². The molecule has 0 aromatic heterocycles. The molecule has 0 aliphatic carbocycles. The van der Waals surface area contributed by atoms with Crippen molar-refractivity contribution in [2.24, 2.45) is 5.92 Å². The lowest BCUT2D eigenvalue weighted by Crippen LogP contribution is -2.39. The summed E-state index contributed by atoms with van der Waals surface area (Å²) < 4.78 is 4.80. The molecule has 4 nitrogen and oxygen atoms in total. The molecular formula is C13H25NO3. The van der Waals surface area contributed by atoms with Crippen LogP contribution in [0.5, 0.6) is 0 Å². The Morgan fingerprint density at radius 2 is 2.12 bits per heavy atom. The first kappa shape index (κ1) is 14.5. The van der Waals surface area contributed by atoms with E-state index < -0.39 is 0 Å². The molecule has 1 N–H and O–H groups in total. The zero-order chi connectivity index (χ0) is 12.5. The summed E-state index contributed by atoms with van der Waals surface area (Å²) >= 11 is 0. The fourth-order valence-electron chi connectivity index (χ4n) is 2.42. The largest absolute Gasteiger partial charge is 0.469 e. The number of carbonyl (C=O) groups is 1. The summed E-state index contributed by atoms with van der Waals surface area (Å²) in [6.07, 6.45) is 6.40. The SMILES string of the molecule is COC(=O)C1CCCN(CCCCCCO)C1. The maximum absolute atomic E-state index is 11.5. The Kier molecular flexibility index (Phi) is 7.21. The molecular weight excluding hydrogens is 218 g/mol. The Bertz CT molecular complexity index is 221. The van der Waals surface area contributed by atoms with Crippen LogP contribution in [0, 0.1) is 5.92 Å². The number of unbranched alkanes of at least 4 members (excludes halogenated alkanes) is 3. The van der Waals surface area contributed by atoms with Crippen molar-refractivity contribution in [3.63, 3.8) is 0 Å². The summed E-state index contributed by atoms with van der Waals surface area (Å²) in [4.78, 5) is 13.8. The van der Waals surface area contributed by atoms with E-state index in [1.54, 1.807) is 0 Å². The molecule has 1 atom stereocenters. The molecule has 1 saturated heterocycles. The van der Waals surface area contributed by atoms with Crippen LogP contribution in [-0.4, -0.2) is 49.3 Å².